The lowest BCUT2D eigenvalue weighted by atomic mass is 9.78. The average Bonchev–Trinajstić information content (AvgIpc) is 2.77. The summed E-state index contributed by atoms with van der Waals surface area (Å²) in [6.45, 7) is 6.85. The number of carbonyl (C=O) groups excluding carboxylic acids is 1. The van der Waals surface area contributed by atoms with E-state index in [0.717, 1.165) is 38.3 Å². The fourth-order valence-electron chi connectivity index (χ4n) is 2.45. The Bertz CT molecular complexity index is 391. The third-order valence-electron chi connectivity index (χ3n) is 3.73. The number of ketones is 1. The number of imidazole rings is 1. The lowest BCUT2D eigenvalue weighted by Crippen LogP contribution is -2.44. The van der Waals surface area contributed by atoms with Crippen molar-refractivity contribution in [2.45, 2.75) is 39.7 Å². The van der Waals surface area contributed by atoms with Crippen LogP contribution in [-0.4, -0.2) is 28.4 Å². The average molecular weight is 235 g/mol. The molecule has 2 rings (SSSR count). The van der Waals surface area contributed by atoms with Gasteiger partial charge in [0.2, 0.25) is 0 Å². The van der Waals surface area contributed by atoms with Crippen LogP contribution >= 0.6 is 0 Å². The Kier molecular flexibility index (Phi) is 3.62. The van der Waals surface area contributed by atoms with Gasteiger partial charge in [-0.2, -0.15) is 0 Å². The molecule has 0 aliphatic carbocycles. The maximum atomic E-state index is 12.4. The predicted molar refractivity (Wildman–Crippen MR) is 66.8 cm³/mol. The first kappa shape index (κ1) is 12.3. The number of nitrogens with one attached hydrogen (secondary N) is 1. The minimum atomic E-state index is -0.206. The molecule has 4 nitrogen and oxygen atoms in total. The maximum Gasteiger partial charge on any atom is 0.147 e. The Hall–Kier alpha value is -1.16. The van der Waals surface area contributed by atoms with Crippen molar-refractivity contribution in [2.24, 2.45) is 5.41 Å². The van der Waals surface area contributed by atoms with Crippen LogP contribution in [0.25, 0.3) is 0 Å². The van der Waals surface area contributed by atoms with E-state index in [9.17, 15) is 4.79 Å². The molecule has 1 fully saturated rings. The molecular weight excluding hydrogens is 214 g/mol. The summed E-state index contributed by atoms with van der Waals surface area (Å²) in [7, 11) is 0. The van der Waals surface area contributed by atoms with Gasteiger partial charge in [0.15, 0.2) is 0 Å². The third-order valence-corrected chi connectivity index (χ3v) is 3.73. The van der Waals surface area contributed by atoms with E-state index in [1.165, 1.54) is 0 Å². The summed E-state index contributed by atoms with van der Waals surface area (Å²) < 4.78 is 2.04. The zero-order valence-electron chi connectivity index (χ0n) is 10.7. The lowest BCUT2D eigenvalue weighted by Gasteiger charge is -2.32. The quantitative estimate of drug-likeness (QED) is 0.858. The molecule has 1 aliphatic rings. The van der Waals surface area contributed by atoms with E-state index in [0.29, 0.717) is 12.2 Å². The van der Waals surface area contributed by atoms with Gasteiger partial charge in [-0.1, -0.05) is 6.92 Å². The second kappa shape index (κ2) is 5.00. The second-order valence-corrected chi connectivity index (χ2v) is 5.07. The van der Waals surface area contributed by atoms with Gasteiger partial charge in [0.05, 0.1) is 6.42 Å². The van der Waals surface area contributed by atoms with E-state index in [-0.39, 0.29) is 5.41 Å². The fourth-order valence-corrected chi connectivity index (χ4v) is 2.45. The molecule has 1 aromatic rings. The molecule has 0 saturated carbocycles. The topological polar surface area (TPSA) is 46.9 Å². The normalized spacial score (nSPS) is 24.8. The standard InChI is InChI=1S/C13H21N3O/c1-3-16-8-7-15-12(16)9-11(17)13(2)5-4-6-14-10-13/h7-8,14H,3-6,9-10H2,1-2H3. The van der Waals surface area contributed by atoms with Crippen molar-refractivity contribution in [1.82, 2.24) is 14.9 Å². The minimum Gasteiger partial charge on any atom is -0.335 e. The molecule has 0 amide bonds. The first-order valence-electron chi connectivity index (χ1n) is 6.40. The molecule has 1 saturated heterocycles. The Morgan fingerprint density at radius 2 is 2.47 bits per heavy atom. The van der Waals surface area contributed by atoms with Crippen molar-refractivity contribution in [3.05, 3.63) is 18.2 Å². The first-order valence-corrected chi connectivity index (χ1v) is 6.40. The van der Waals surface area contributed by atoms with Crippen LogP contribution < -0.4 is 5.32 Å². The van der Waals surface area contributed by atoms with Crippen LogP contribution in [0.3, 0.4) is 0 Å². The number of piperidine rings is 1. The molecule has 0 spiro atoms. The number of hydrogen-bond acceptors (Lipinski definition) is 3. The number of aryl methyl sites for hydroxylation is 1. The summed E-state index contributed by atoms with van der Waals surface area (Å²) in [6.07, 6.45) is 6.24. The molecule has 1 aromatic heterocycles. The van der Waals surface area contributed by atoms with Gasteiger partial charge in [-0.25, -0.2) is 4.98 Å². The van der Waals surface area contributed by atoms with Crippen molar-refractivity contribution in [3.63, 3.8) is 0 Å². The minimum absolute atomic E-state index is 0.206. The van der Waals surface area contributed by atoms with Gasteiger partial charge in [-0.05, 0) is 26.3 Å². The summed E-state index contributed by atoms with van der Waals surface area (Å²) in [5.74, 6) is 1.20. The smallest absolute Gasteiger partial charge is 0.147 e. The summed E-state index contributed by atoms with van der Waals surface area (Å²) >= 11 is 0. The molecule has 1 unspecified atom stereocenters. The number of aromatic nitrogens is 2. The van der Waals surface area contributed by atoms with Crippen molar-refractivity contribution in [1.29, 1.82) is 0 Å². The van der Waals surface area contributed by atoms with Gasteiger partial charge in [0, 0.05) is 30.9 Å². The highest BCUT2D eigenvalue weighted by atomic mass is 16.1. The molecule has 94 valence electrons. The Morgan fingerprint density at radius 3 is 3.12 bits per heavy atom. The van der Waals surface area contributed by atoms with Crippen molar-refractivity contribution >= 4 is 5.78 Å². The van der Waals surface area contributed by atoms with Crippen molar-refractivity contribution in [2.75, 3.05) is 13.1 Å². The number of hydrogen-bond donors (Lipinski definition) is 1. The van der Waals surface area contributed by atoms with Crippen LogP contribution in [0.5, 0.6) is 0 Å². The lowest BCUT2D eigenvalue weighted by molar-refractivity contribution is -0.128. The number of nitrogens with zero attached hydrogens (tertiary/aromatic N) is 2. The van der Waals surface area contributed by atoms with E-state index in [1.54, 1.807) is 6.20 Å². The molecule has 1 atom stereocenters. The van der Waals surface area contributed by atoms with Crippen LogP contribution in [0.2, 0.25) is 0 Å². The summed E-state index contributed by atoms with van der Waals surface area (Å²) in [5.41, 5.74) is -0.206. The Balaban J connectivity index is 2.05. The van der Waals surface area contributed by atoms with Gasteiger partial charge >= 0.3 is 0 Å². The first-order chi connectivity index (χ1) is 8.15. The van der Waals surface area contributed by atoms with Gasteiger partial charge in [0.1, 0.15) is 11.6 Å². The highest BCUT2D eigenvalue weighted by Crippen LogP contribution is 2.27. The SMILES string of the molecule is CCn1ccnc1CC(=O)C1(C)CCCNC1. The largest absolute Gasteiger partial charge is 0.335 e. The monoisotopic (exact) mass is 235 g/mol. The van der Waals surface area contributed by atoms with Gasteiger partial charge in [-0.15, -0.1) is 0 Å². The molecule has 1 N–H and O–H groups in total. The Morgan fingerprint density at radius 1 is 1.65 bits per heavy atom. The highest BCUT2D eigenvalue weighted by Gasteiger charge is 2.34. The van der Waals surface area contributed by atoms with Gasteiger partial charge in [-0.3, -0.25) is 4.79 Å². The Labute approximate surface area is 102 Å². The van der Waals surface area contributed by atoms with Gasteiger partial charge < -0.3 is 9.88 Å². The molecule has 0 bridgehead atoms. The van der Waals surface area contributed by atoms with E-state index < -0.39 is 0 Å². The fraction of sp³-hybridized carbons (Fsp3) is 0.692. The van der Waals surface area contributed by atoms with Crippen molar-refractivity contribution < 1.29 is 4.79 Å². The van der Waals surface area contributed by atoms with Crippen LogP contribution in [0.4, 0.5) is 0 Å². The molecule has 0 radical (unpaired) electrons. The molecule has 1 aliphatic heterocycles. The van der Waals surface area contributed by atoms with Gasteiger partial charge in [0.25, 0.3) is 0 Å². The van der Waals surface area contributed by atoms with Crippen LogP contribution in [0.15, 0.2) is 12.4 Å². The molecule has 4 heteroatoms. The van der Waals surface area contributed by atoms with Crippen LogP contribution in [0.1, 0.15) is 32.5 Å². The number of Topliss-reactive ketones (excluding diaryl/α,β-unsaturated/α-hetero) is 1. The third kappa shape index (κ3) is 2.57. The van der Waals surface area contributed by atoms with E-state index >= 15 is 0 Å². The molecular formula is C13H21N3O. The highest BCUT2D eigenvalue weighted by molar-refractivity contribution is 5.86. The molecule has 2 heterocycles. The number of carbonyl (C=O) groups is 1. The van der Waals surface area contributed by atoms with E-state index in [4.69, 9.17) is 0 Å². The maximum absolute atomic E-state index is 12.4. The van der Waals surface area contributed by atoms with Crippen LogP contribution in [-0.2, 0) is 17.8 Å². The number of rotatable bonds is 4. The molecule has 0 aromatic carbocycles. The van der Waals surface area contributed by atoms with Crippen LogP contribution in [0, 0.1) is 5.41 Å². The zero-order chi connectivity index (χ0) is 12.3. The summed E-state index contributed by atoms with van der Waals surface area (Å²) in [6, 6.07) is 0. The second-order valence-electron chi connectivity index (χ2n) is 5.07. The molecule has 17 heavy (non-hydrogen) atoms. The zero-order valence-corrected chi connectivity index (χ0v) is 10.7. The van der Waals surface area contributed by atoms with Crippen molar-refractivity contribution in [3.8, 4) is 0 Å². The summed E-state index contributed by atoms with van der Waals surface area (Å²) in [4.78, 5) is 16.6. The van der Waals surface area contributed by atoms with E-state index in [2.05, 4.69) is 24.1 Å². The summed E-state index contributed by atoms with van der Waals surface area (Å²) in [5, 5.41) is 3.32. The van der Waals surface area contributed by atoms with E-state index in [1.807, 2.05) is 10.8 Å². The predicted octanol–water partition coefficient (Wildman–Crippen LogP) is 1.40.